The van der Waals surface area contributed by atoms with E-state index in [1.807, 2.05) is 0 Å². The SMILES string of the molecule is CCC(C)(O)C(F)(F)C(F)(F)C(F)(F)C(F)(F)C(F)(F)C(F)(F)F. The Bertz CT molecular complexity index is 462. The van der Waals surface area contributed by atoms with Gasteiger partial charge in [0, 0.05) is 0 Å². The van der Waals surface area contributed by atoms with Gasteiger partial charge in [0.25, 0.3) is 0 Å². The molecule has 146 valence electrons. The number of alkyl halides is 13. The van der Waals surface area contributed by atoms with Gasteiger partial charge in [0.15, 0.2) is 0 Å². The highest BCUT2D eigenvalue weighted by Gasteiger charge is 2.92. The van der Waals surface area contributed by atoms with E-state index in [1.54, 1.807) is 0 Å². The third-order valence-electron chi connectivity index (χ3n) is 3.30. The van der Waals surface area contributed by atoms with E-state index >= 15 is 0 Å². The molecule has 0 radical (unpaired) electrons. The highest BCUT2D eigenvalue weighted by molar-refractivity contribution is 5.13. The molecule has 1 unspecified atom stereocenters. The summed E-state index contributed by atoms with van der Waals surface area (Å²) in [6.45, 7) is 0.307. The molecule has 0 aliphatic carbocycles. The molecule has 0 aromatic rings. The van der Waals surface area contributed by atoms with Gasteiger partial charge in [-0.2, -0.15) is 57.1 Å². The summed E-state index contributed by atoms with van der Waals surface area (Å²) in [6.07, 6.45) is -8.90. The van der Waals surface area contributed by atoms with E-state index in [0.717, 1.165) is 0 Å². The molecule has 0 aliphatic rings. The third kappa shape index (κ3) is 2.69. The molecule has 0 aromatic carbocycles. The Labute approximate surface area is 125 Å². The van der Waals surface area contributed by atoms with Crippen LogP contribution < -0.4 is 0 Å². The second-order valence-corrected chi connectivity index (χ2v) is 5.00. The zero-order chi connectivity index (χ0) is 20.2. The van der Waals surface area contributed by atoms with Crippen molar-refractivity contribution in [2.45, 2.75) is 61.7 Å². The lowest BCUT2D eigenvalue weighted by molar-refractivity contribution is -0.449. The Morgan fingerprint density at radius 3 is 1.04 bits per heavy atom. The first-order valence-corrected chi connectivity index (χ1v) is 5.74. The molecule has 0 spiro atoms. The quantitative estimate of drug-likeness (QED) is 0.639. The smallest absolute Gasteiger partial charge is 0.384 e. The van der Waals surface area contributed by atoms with Gasteiger partial charge in [-0.3, -0.25) is 0 Å². The fourth-order valence-electron chi connectivity index (χ4n) is 1.33. The predicted octanol–water partition coefficient (Wildman–Crippen LogP) is 4.89. The lowest BCUT2D eigenvalue weighted by Crippen LogP contribution is -2.73. The Balaban J connectivity index is 6.42. The zero-order valence-electron chi connectivity index (χ0n) is 11.6. The molecule has 1 nitrogen and oxygen atoms in total. The zero-order valence-corrected chi connectivity index (χ0v) is 11.6. The largest absolute Gasteiger partial charge is 0.460 e. The van der Waals surface area contributed by atoms with Crippen molar-refractivity contribution in [1.82, 2.24) is 0 Å². The summed E-state index contributed by atoms with van der Waals surface area (Å²) in [5.41, 5.74) is -4.12. The first-order valence-electron chi connectivity index (χ1n) is 5.74. The fourth-order valence-corrected chi connectivity index (χ4v) is 1.33. The van der Waals surface area contributed by atoms with Crippen molar-refractivity contribution in [1.29, 1.82) is 0 Å². The molecule has 1 N–H and O–H groups in total. The van der Waals surface area contributed by atoms with Crippen LogP contribution in [-0.4, -0.2) is 46.5 Å². The summed E-state index contributed by atoms with van der Waals surface area (Å²) < 4.78 is 166. The third-order valence-corrected chi connectivity index (χ3v) is 3.30. The number of halogens is 13. The van der Waals surface area contributed by atoms with Crippen LogP contribution in [0.15, 0.2) is 0 Å². The summed E-state index contributed by atoms with van der Waals surface area (Å²) in [4.78, 5) is 0. The molecule has 0 saturated heterocycles. The maximum atomic E-state index is 13.4. The van der Waals surface area contributed by atoms with E-state index in [9.17, 15) is 57.1 Å². The van der Waals surface area contributed by atoms with Crippen LogP contribution in [0.3, 0.4) is 0 Å². The van der Waals surface area contributed by atoms with E-state index in [1.165, 1.54) is 0 Å². The van der Waals surface area contributed by atoms with Crippen LogP contribution in [0.1, 0.15) is 20.3 Å². The van der Waals surface area contributed by atoms with Crippen molar-refractivity contribution >= 4 is 0 Å². The standard InChI is InChI=1S/C10H9F13O/c1-3-4(2,24)5(11,12)6(13,14)7(15,16)8(17,18)9(19,20)10(21,22)23/h24H,3H2,1-2H3. The number of aliphatic hydroxyl groups is 1. The van der Waals surface area contributed by atoms with Crippen molar-refractivity contribution in [3.63, 3.8) is 0 Å². The number of rotatable bonds is 6. The Morgan fingerprint density at radius 2 is 0.792 bits per heavy atom. The minimum atomic E-state index is -7.95. The molecule has 0 heterocycles. The molecule has 0 bridgehead atoms. The van der Waals surface area contributed by atoms with Crippen molar-refractivity contribution in [3.05, 3.63) is 0 Å². The van der Waals surface area contributed by atoms with Crippen LogP contribution in [0.2, 0.25) is 0 Å². The van der Waals surface area contributed by atoms with Crippen molar-refractivity contribution in [2.75, 3.05) is 0 Å². The lowest BCUT2D eigenvalue weighted by Gasteiger charge is -2.43. The van der Waals surface area contributed by atoms with Gasteiger partial charge in [0.1, 0.15) is 5.60 Å². The molecular weight excluding hydrogens is 383 g/mol. The van der Waals surface area contributed by atoms with Crippen molar-refractivity contribution in [3.8, 4) is 0 Å². The van der Waals surface area contributed by atoms with Gasteiger partial charge >= 0.3 is 35.8 Å². The first-order chi connectivity index (χ1) is 10.1. The normalized spacial score (nSPS) is 18.5. The second-order valence-electron chi connectivity index (χ2n) is 5.00. The lowest BCUT2D eigenvalue weighted by atomic mass is 9.84. The number of hydrogen-bond acceptors (Lipinski definition) is 1. The fraction of sp³-hybridized carbons (Fsp3) is 1.00. The van der Waals surface area contributed by atoms with Crippen molar-refractivity contribution < 1.29 is 62.2 Å². The highest BCUT2D eigenvalue weighted by atomic mass is 19.4. The van der Waals surface area contributed by atoms with E-state index in [0.29, 0.717) is 6.92 Å². The minimum Gasteiger partial charge on any atom is -0.384 e. The Hall–Kier alpha value is -0.950. The van der Waals surface area contributed by atoms with Crippen LogP contribution in [0, 0.1) is 0 Å². The molecule has 24 heavy (non-hydrogen) atoms. The van der Waals surface area contributed by atoms with E-state index in [4.69, 9.17) is 5.11 Å². The Kier molecular flexibility index (Phi) is 5.31. The molecule has 0 aliphatic heterocycles. The predicted molar refractivity (Wildman–Crippen MR) is 51.7 cm³/mol. The maximum Gasteiger partial charge on any atom is 0.460 e. The van der Waals surface area contributed by atoms with Crippen LogP contribution >= 0.6 is 0 Å². The van der Waals surface area contributed by atoms with E-state index in [2.05, 4.69) is 0 Å². The van der Waals surface area contributed by atoms with Gasteiger partial charge in [0.05, 0.1) is 0 Å². The second kappa shape index (κ2) is 5.53. The monoisotopic (exact) mass is 392 g/mol. The molecule has 0 saturated carbocycles. The van der Waals surface area contributed by atoms with Gasteiger partial charge in [-0.1, -0.05) is 6.92 Å². The average molecular weight is 392 g/mol. The number of hydrogen-bond donors (Lipinski definition) is 1. The highest BCUT2D eigenvalue weighted by Crippen LogP contribution is 2.61. The molecule has 1 atom stereocenters. The van der Waals surface area contributed by atoms with Crippen LogP contribution in [0.25, 0.3) is 0 Å². The summed E-state index contributed by atoms with van der Waals surface area (Å²) in [5, 5.41) is 8.96. The summed E-state index contributed by atoms with van der Waals surface area (Å²) in [6, 6.07) is 0. The average Bonchev–Trinajstić information content (AvgIpc) is 2.36. The summed E-state index contributed by atoms with van der Waals surface area (Å²) in [7, 11) is 0. The molecule has 14 heteroatoms. The van der Waals surface area contributed by atoms with Crippen LogP contribution in [0.5, 0.6) is 0 Å². The van der Waals surface area contributed by atoms with Crippen LogP contribution in [-0.2, 0) is 0 Å². The molecular formula is C10H9F13O. The molecule has 0 rings (SSSR count). The minimum absolute atomic E-state index is 0.211. The first kappa shape index (κ1) is 23.1. The van der Waals surface area contributed by atoms with Gasteiger partial charge < -0.3 is 5.11 Å². The van der Waals surface area contributed by atoms with Crippen molar-refractivity contribution in [2.24, 2.45) is 0 Å². The molecule has 0 amide bonds. The maximum absolute atomic E-state index is 13.4. The van der Waals surface area contributed by atoms with Gasteiger partial charge in [0.2, 0.25) is 0 Å². The Morgan fingerprint density at radius 1 is 0.542 bits per heavy atom. The van der Waals surface area contributed by atoms with Gasteiger partial charge in [-0.15, -0.1) is 0 Å². The van der Waals surface area contributed by atoms with Crippen LogP contribution in [0.4, 0.5) is 57.1 Å². The van der Waals surface area contributed by atoms with E-state index < -0.39 is 47.8 Å². The van der Waals surface area contributed by atoms with Gasteiger partial charge in [-0.05, 0) is 13.3 Å². The molecule has 0 aromatic heterocycles. The summed E-state index contributed by atoms with van der Waals surface area (Å²) in [5.74, 6) is -37.5. The summed E-state index contributed by atoms with van der Waals surface area (Å²) >= 11 is 0. The molecule has 0 fully saturated rings. The van der Waals surface area contributed by atoms with E-state index in [-0.39, 0.29) is 6.92 Å². The van der Waals surface area contributed by atoms with Gasteiger partial charge in [-0.25, -0.2) is 0 Å². The topological polar surface area (TPSA) is 20.2 Å².